The first-order valence-corrected chi connectivity index (χ1v) is 7.61. The summed E-state index contributed by atoms with van der Waals surface area (Å²) in [5, 5.41) is 0. The number of thioether (sulfide) groups is 2. The molecular formula is C14H16S2. The molecule has 0 spiro atoms. The Balaban J connectivity index is 2.23. The van der Waals surface area contributed by atoms with Crippen molar-refractivity contribution in [3.63, 3.8) is 0 Å². The first kappa shape index (κ1) is 12.0. The van der Waals surface area contributed by atoms with Crippen LogP contribution >= 0.6 is 23.5 Å². The van der Waals surface area contributed by atoms with Crippen LogP contribution in [0.25, 0.3) is 0 Å². The fourth-order valence-electron chi connectivity index (χ4n) is 1.96. The van der Waals surface area contributed by atoms with Crippen molar-refractivity contribution in [3.05, 3.63) is 35.9 Å². The first-order valence-electron chi connectivity index (χ1n) is 5.64. The molecule has 0 atom stereocenters. The molecule has 1 aliphatic heterocycles. The van der Waals surface area contributed by atoms with Crippen LogP contribution < -0.4 is 0 Å². The Labute approximate surface area is 107 Å². The van der Waals surface area contributed by atoms with E-state index in [1.807, 2.05) is 0 Å². The van der Waals surface area contributed by atoms with Crippen molar-refractivity contribution in [2.75, 3.05) is 11.5 Å². The van der Waals surface area contributed by atoms with Crippen LogP contribution in [-0.4, -0.2) is 11.5 Å². The lowest BCUT2D eigenvalue weighted by Crippen LogP contribution is -2.22. The summed E-state index contributed by atoms with van der Waals surface area (Å²) in [4.78, 5) is 0. The summed E-state index contributed by atoms with van der Waals surface area (Å²) in [5.41, 5.74) is 1.43. The predicted molar refractivity (Wildman–Crippen MR) is 75.7 cm³/mol. The molecule has 84 valence electrons. The molecule has 0 unspecified atom stereocenters. The minimum Gasteiger partial charge on any atom is -0.139 e. The van der Waals surface area contributed by atoms with E-state index in [0.29, 0.717) is 0 Å². The highest BCUT2D eigenvalue weighted by molar-refractivity contribution is 8.18. The van der Waals surface area contributed by atoms with Crippen LogP contribution in [0.2, 0.25) is 0 Å². The maximum Gasteiger partial charge on any atom is 0.0869 e. The van der Waals surface area contributed by atoms with Gasteiger partial charge in [0.1, 0.15) is 0 Å². The van der Waals surface area contributed by atoms with Crippen LogP contribution in [0.1, 0.15) is 24.8 Å². The van der Waals surface area contributed by atoms with E-state index in [-0.39, 0.29) is 4.08 Å². The van der Waals surface area contributed by atoms with Gasteiger partial charge < -0.3 is 0 Å². The monoisotopic (exact) mass is 248 g/mol. The Morgan fingerprint density at radius 1 is 1.19 bits per heavy atom. The highest BCUT2D eigenvalue weighted by atomic mass is 32.2. The van der Waals surface area contributed by atoms with E-state index >= 15 is 0 Å². The Bertz CT molecular complexity index is 358. The fraction of sp³-hybridized carbons (Fsp3) is 0.429. The van der Waals surface area contributed by atoms with Gasteiger partial charge in [-0.25, -0.2) is 0 Å². The lowest BCUT2D eigenvalue weighted by Gasteiger charge is -2.36. The van der Waals surface area contributed by atoms with Crippen molar-refractivity contribution in [3.8, 4) is 12.3 Å². The molecule has 0 radical (unpaired) electrons. The topological polar surface area (TPSA) is 0 Å². The van der Waals surface area contributed by atoms with Crippen molar-refractivity contribution in [2.45, 2.75) is 23.3 Å². The fourth-order valence-corrected chi connectivity index (χ4v) is 5.31. The minimum atomic E-state index is 0.214. The van der Waals surface area contributed by atoms with E-state index in [0.717, 1.165) is 12.8 Å². The number of hydrogen-bond donors (Lipinski definition) is 0. The smallest absolute Gasteiger partial charge is 0.0869 e. The third-order valence-corrected chi connectivity index (χ3v) is 6.28. The van der Waals surface area contributed by atoms with Crippen molar-refractivity contribution >= 4 is 23.5 Å². The number of rotatable bonds is 3. The molecule has 0 aliphatic carbocycles. The second-order valence-corrected chi connectivity index (χ2v) is 6.92. The third kappa shape index (κ3) is 2.59. The maximum absolute atomic E-state index is 5.41. The molecule has 1 aliphatic rings. The molecule has 1 fully saturated rings. The van der Waals surface area contributed by atoms with Crippen LogP contribution in [0.3, 0.4) is 0 Å². The quantitative estimate of drug-likeness (QED) is 0.738. The lowest BCUT2D eigenvalue weighted by atomic mass is 10.1. The average molecular weight is 248 g/mol. The summed E-state index contributed by atoms with van der Waals surface area (Å²) in [5.74, 6) is 5.30. The average Bonchev–Trinajstić information content (AvgIpc) is 2.38. The summed E-state index contributed by atoms with van der Waals surface area (Å²) in [6.07, 6.45) is 8.69. The Kier molecular flexibility index (Phi) is 4.26. The van der Waals surface area contributed by atoms with Crippen molar-refractivity contribution < 1.29 is 0 Å². The van der Waals surface area contributed by atoms with E-state index in [4.69, 9.17) is 6.42 Å². The van der Waals surface area contributed by atoms with Gasteiger partial charge in [-0.2, -0.15) is 0 Å². The molecule has 16 heavy (non-hydrogen) atoms. The predicted octanol–water partition coefficient (Wildman–Crippen LogP) is 4.12. The van der Waals surface area contributed by atoms with Gasteiger partial charge in [-0.05, 0) is 29.9 Å². The first-order chi connectivity index (χ1) is 7.87. The van der Waals surface area contributed by atoms with E-state index in [2.05, 4.69) is 59.8 Å². The Morgan fingerprint density at radius 3 is 2.50 bits per heavy atom. The summed E-state index contributed by atoms with van der Waals surface area (Å²) in [6, 6.07) is 10.8. The molecule has 2 rings (SSSR count). The van der Waals surface area contributed by atoms with E-state index in [9.17, 15) is 0 Å². The summed E-state index contributed by atoms with van der Waals surface area (Å²) >= 11 is 4.14. The van der Waals surface area contributed by atoms with Gasteiger partial charge in [-0.1, -0.05) is 30.3 Å². The highest BCUT2D eigenvalue weighted by Gasteiger charge is 2.34. The molecule has 0 N–H and O–H groups in total. The highest BCUT2D eigenvalue weighted by Crippen LogP contribution is 2.53. The second-order valence-electron chi connectivity index (χ2n) is 3.87. The molecule has 0 aromatic heterocycles. The van der Waals surface area contributed by atoms with Gasteiger partial charge in [-0.15, -0.1) is 35.9 Å². The molecule has 1 aromatic rings. The van der Waals surface area contributed by atoms with Crippen molar-refractivity contribution in [2.24, 2.45) is 0 Å². The zero-order valence-corrected chi connectivity index (χ0v) is 10.9. The van der Waals surface area contributed by atoms with Gasteiger partial charge in [0.2, 0.25) is 0 Å². The number of benzene rings is 1. The second kappa shape index (κ2) is 5.70. The van der Waals surface area contributed by atoms with Gasteiger partial charge in [0.15, 0.2) is 0 Å². The SMILES string of the molecule is C#CCCC1(c2ccccc2)SCCCS1. The molecule has 0 bridgehead atoms. The zero-order valence-electron chi connectivity index (χ0n) is 9.32. The lowest BCUT2D eigenvalue weighted by molar-refractivity contribution is 0.772. The summed E-state index contributed by atoms with van der Waals surface area (Å²) in [6.45, 7) is 0. The number of terminal acetylenes is 1. The van der Waals surface area contributed by atoms with Gasteiger partial charge >= 0.3 is 0 Å². The van der Waals surface area contributed by atoms with Crippen LogP contribution in [-0.2, 0) is 4.08 Å². The standard InChI is InChI=1S/C14H16S2/c1-2-3-10-14(15-11-7-12-16-14)13-8-5-4-6-9-13/h1,4-6,8-9H,3,7,10-12H2. The molecule has 0 nitrogen and oxygen atoms in total. The van der Waals surface area contributed by atoms with Crippen molar-refractivity contribution in [1.29, 1.82) is 0 Å². The molecule has 2 heteroatoms. The molecule has 1 saturated heterocycles. The van der Waals surface area contributed by atoms with Crippen molar-refractivity contribution in [1.82, 2.24) is 0 Å². The van der Waals surface area contributed by atoms with E-state index in [1.165, 1.54) is 23.5 Å². The number of hydrogen-bond acceptors (Lipinski definition) is 2. The molecule has 0 amide bonds. The molecular weight excluding hydrogens is 232 g/mol. The van der Waals surface area contributed by atoms with E-state index in [1.54, 1.807) is 0 Å². The normalized spacial score (nSPS) is 18.9. The summed E-state index contributed by atoms with van der Waals surface area (Å²) in [7, 11) is 0. The Morgan fingerprint density at radius 2 is 1.88 bits per heavy atom. The molecule has 0 saturated carbocycles. The van der Waals surface area contributed by atoms with Crippen LogP contribution in [0.4, 0.5) is 0 Å². The minimum absolute atomic E-state index is 0.214. The van der Waals surface area contributed by atoms with Crippen LogP contribution in [0.15, 0.2) is 30.3 Å². The zero-order chi connectivity index (χ0) is 11.3. The summed E-state index contributed by atoms with van der Waals surface area (Å²) < 4.78 is 0.214. The van der Waals surface area contributed by atoms with Crippen LogP contribution in [0, 0.1) is 12.3 Å². The van der Waals surface area contributed by atoms with Gasteiger partial charge in [0.25, 0.3) is 0 Å². The Hall–Kier alpha value is -0.520. The maximum atomic E-state index is 5.41. The third-order valence-electron chi connectivity index (χ3n) is 2.77. The van der Waals surface area contributed by atoms with Crippen LogP contribution in [0.5, 0.6) is 0 Å². The molecule has 1 heterocycles. The van der Waals surface area contributed by atoms with E-state index < -0.39 is 0 Å². The van der Waals surface area contributed by atoms with Gasteiger partial charge in [-0.3, -0.25) is 0 Å². The largest absolute Gasteiger partial charge is 0.139 e. The van der Waals surface area contributed by atoms with Gasteiger partial charge in [0.05, 0.1) is 4.08 Å². The van der Waals surface area contributed by atoms with Gasteiger partial charge in [0, 0.05) is 6.42 Å². The molecule has 1 aromatic carbocycles.